The third-order valence-corrected chi connectivity index (χ3v) is 5.55. The lowest BCUT2D eigenvalue weighted by molar-refractivity contribution is 0.102. The van der Waals surface area contributed by atoms with Crippen molar-refractivity contribution in [2.75, 3.05) is 5.32 Å². The summed E-state index contributed by atoms with van der Waals surface area (Å²) in [5.41, 5.74) is 0.375. The van der Waals surface area contributed by atoms with Crippen molar-refractivity contribution in [3.05, 3.63) is 54.2 Å². The lowest BCUT2D eigenvalue weighted by Gasteiger charge is -2.12. The molecule has 1 amide bonds. The Kier molecular flexibility index (Phi) is 4.92. The average molecular weight is 345 g/mol. The number of hydrogen-bond acceptors (Lipinski definition) is 4. The third kappa shape index (κ3) is 3.98. The molecule has 2 N–H and O–H groups in total. The van der Waals surface area contributed by atoms with Crippen LogP contribution in [0.4, 0.5) is 5.82 Å². The van der Waals surface area contributed by atoms with Crippen molar-refractivity contribution in [1.29, 1.82) is 0 Å². The molecule has 0 atom stereocenters. The van der Waals surface area contributed by atoms with Crippen LogP contribution in [0.1, 0.15) is 36.0 Å². The summed E-state index contributed by atoms with van der Waals surface area (Å²) in [6, 6.07) is 11.1. The molecule has 1 saturated carbocycles. The molecule has 126 valence electrons. The highest BCUT2D eigenvalue weighted by molar-refractivity contribution is 7.89. The maximum atomic E-state index is 12.3. The van der Waals surface area contributed by atoms with Gasteiger partial charge in [-0.3, -0.25) is 4.79 Å². The van der Waals surface area contributed by atoms with E-state index in [0.717, 1.165) is 25.7 Å². The Balaban J connectivity index is 1.69. The summed E-state index contributed by atoms with van der Waals surface area (Å²) >= 11 is 0. The summed E-state index contributed by atoms with van der Waals surface area (Å²) in [5.74, 6) is 0.114. The highest BCUT2D eigenvalue weighted by Crippen LogP contribution is 2.20. The first-order valence-electron chi connectivity index (χ1n) is 7.89. The van der Waals surface area contributed by atoms with Crippen LogP contribution in [0, 0.1) is 0 Å². The number of hydrogen-bond donors (Lipinski definition) is 2. The largest absolute Gasteiger partial charge is 0.307 e. The minimum absolute atomic E-state index is 0.0159. The SMILES string of the molecule is O=C(Nc1ccccn1)c1ccc(S(=O)(=O)NC2CCCC2)cc1. The molecule has 7 heteroatoms. The van der Waals surface area contributed by atoms with Gasteiger partial charge in [-0.2, -0.15) is 0 Å². The van der Waals surface area contributed by atoms with Crippen molar-refractivity contribution >= 4 is 21.7 Å². The van der Waals surface area contributed by atoms with E-state index in [9.17, 15) is 13.2 Å². The van der Waals surface area contributed by atoms with Gasteiger partial charge in [0.05, 0.1) is 4.90 Å². The number of amides is 1. The first-order valence-corrected chi connectivity index (χ1v) is 9.38. The first-order chi connectivity index (χ1) is 11.5. The number of nitrogens with zero attached hydrogens (tertiary/aromatic N) is 1. The smallest absolute Gasteiger partial charge is 0.256 e. The van der Waals surface area contributed by atoms with Gasteiger partial charge < -0.3 is 5.32 Å². The molecule has 24 heavy (non-hydrogen) atoms. The fraction of sp³-hybridized carbons (Fsp3) is 0.294. The maximum Gasteiger partial charge on any atom is 0.256 e. The summed E-state index contributed by atoms with van der Waals surface area (Å²) in [5, 5.41) is 2.66. The second-order valence-corrected chi connectivity index (χ2v) is 7.51. The summed E-state index contributed by atoms with van der Waals surface area (Å²) in [6.07, 6.45) is 5.45. The van der Waals surface area contributed by atoms with Crippen LogP contribution in [-0.4, -0.2) is 25.4 Å². The molecule has 1 aromatic heterocycles. The number of carbonyl (C=O) groups excluding carboxylic acids is 1. The quantitative estimate of drug-likeness (QED) is 0.872. The van der Waals surface area contributed by atoms with E-state index in [1.54, 1.807) is 24.4 Å². The second-order valence-electron chi connectivity index (χ2n) is 5.80. The predicted molar refractivity (Wildman–Crippen MR) is 91.2 cm³/mol. The number of sulfonamides is 1. The van der Waals surface area contributed by atoms with E-state index in [1.165, 1.54) is 24.3 Å². The number of rotatable bonds is 5. The summed E-state index contributed by atoms with van der Waals surface area (Å²) < 4.78 is 27.4. The molecular weight excluding hydrogens is 326 g/mol. The minimum Gasteiger partial charge on any atom is -0.307 e. The molecule has 1 fully saturated rings. The van der Waals surface area contributed by atoms with Crippen LogP contribution in [0.25, 0.3) is 0 Å². The topological polar surface area (TPSA) is 88.2 Å². The average Bonchev–Trinajstić information content (AvgIpc) is 3.08. The standard InChI is InChI=1S/C17H19N3O3S/c21-17(19-16-7-3-4-12-18-16)13-8-10-15(11-9-13)24(22,23)20-14-5-1-2-6-14/h3-4,7-12,14,20H,1-2,5-6H2,(H,18,19,21). The number of anilines is 1. The second kappa shape index (κ2) is 7.11. The molecule has 1 aliphatic carbocycles. The highest BCUT2D eigenvalue weighted by Gasteiger charge is 2.23. The van der Waals surface area contributed by atoms with Gasteiger partial charge in [-0.25, -0.2) is 18.1 Å². The van der Waals surface area contributed by atoms with Crippen LogP contribution < -0.4 is 10.0 Å². The van der Waals surface area contributed by atoms with E-state index in [-0.39, 0.29) is 16.8 Å². The molecule has 0 aliphatic heterocycles. The summed E-state index contributed by atoms with van der Waals surface area (Å²) in [4.78, 5) is 16.3. The molecule has 1 heterocycles. The fourth-order valence-corrected chi connectivity index (χ4v) is 4.05. The zero-order chi connectivity index (χ0) is 17.0. The molecule has 0 unspecified atom stereocenters. The number of carbonyl (C=O) groups is 1. The highest BCUT2D eigenvalue weighted by atomic mass is 32.2. The van der Waals surface area contributed by atoms with Gasteiger partial charge in [-0.1, -0.05) is 18.9 Å². The number of aromatic nitrogens is 1. The predicted octanol–water partition coefficient (Wildman–Crippen LogP) is 2.55. The van der Waals surface area contributed by atoms with E-state index < -0.39 is 10.0 Å². The van der Waals surface area contributed by atoms with Gasteiger partial charge in [-0.15, -0.1) is 0 Å². The van der Waals surface area contributed by atoms with Crippen molar-refractivity contribution in [2.45, 2.75) is 36.6 Å². The Bertz CT molecular complexity index is 799. The van der Waals surface area contributed by atoms with Crippen LogP contribution in [0.5, 0.6) is 0 Å². The Labute approximate surface area is 141 Å². The number of nitrogens with one attached hydrogen (secondary N) is 2. The van der Waals surface area contributed by atoms with Crippen molar-refractivity contribution in [1.82, 2.24) is 9.71 Å². The Morgan fingerprint density at radius 1 is 1.04 bits per heavy atom. The molecular formula is C17H19N3O3S. The zero-order valence-electron chi connectivity index (χ0n) is 13.1. The van der Waals surface area contributed by atoms with Crippen LogP contribution in [-0.2, 0) is 10.0 Å². The van der Waals surface area contributed by atoms with Crippen molar-refractivity contribution in [2.24, 2.45) is 0 Å². The van der Waals surface area contributed by atoms with Crippen LogP contribution >= 0.6 is 0 Å². The Hall–Kier alpha value is -2.25. The lowest BCUT2D eigenvalue weighted by Crippen LogP contribution is -2.32. The van der Waals surface area contributed by atoms with Crippen molar-refractivity contribution in [3.8, 4) is 0 Å². The molecule has 0 saturated heterocycles. The third-order valence-electron chi connectivity index (χ3n) is 4.01. The van der Waals surface area contributed by atoms with Gasteiger partial charge in [-0.05, 0) is 49.2 Å². The lowest BCUT2D eigenvalue weighted by atomic mass is 10.2. The van der Waals surface area contributed by atoms with E-state index in [0.29, 0.717) is 11.4 Å². The maximum absolute atomic E-state index is 12.3. The van der Waals surface area contributed by atoms with E-state index in [4.69, 9.17) is 0 Å². The molecule has 0 bridgehead atoms. The Morgan fingerprint density at radius 2 is 1.75 bits per heavy atom. The first kappa shape index (κ1) is 16.6. The Morgan fingerprint density at radius 3 is 2.38 bits per heavy atom. The van der Waals surface area contributed by atoms with Crippen molar-refractivity contribution in [3.63, 3.8) is 0 Å². The summed E-state index contributed by atoms with van der Waals surface area (Å²) in [7, 11) is -3.54. The molecule has 1 aromatic carbocycles. The molecule has 2 aromatic rings. The van der Waals surface area contributed by atoms with E-state index in [1.807, 2.05) is 0 Å². The van der Waals surface area contributed by atoms with Crippen molar-refractivity contribution < 1.29 is 13.2 Å². The van der Waals surface area contributed by atoms with Gasteiger partial charge in [0.1, 0.15) is 5.82 Å². The molecule has 1 aliphatic rings. The van der Waals surface area contributed by atoms with E-state index >= 15 is 0 Å². The van der Waals surface area contributed by atoms with Gasteiger partial charge in [0.2, 0.25) is 10.0 Å². The molecule has 0 radical (unpaired) electrons. The summed E-state index contributed by atoms with van der Waals surface area (Å²) in [6.45, 7) is 0. The number of benzene rings is 1. The molecule has 3 rings (SSSR count). The van der Waals surface area contributed by atoms with Gasteiger partial charge in [0, 0.05) is 17.8 Å². The van der Waals surface area contributed by atoms with Gasteiger partial charge >= 0.3 is 0 Å². The number of pyridine rings is 1. The van der Waals surface area contributed by atoms with Gasteiger partial charge in [0.25, 0.3) is 5.91 Å². The van der Waals surface area contributed by atoms with Gasteiger partial charge in [0.15, 0.2) is 0 Å². The minimum atomic E-state index is -3.54. The molecule has 0 spiro atoms. The fourth-order valence-electron chi connectivity index (χ4n) is 2.74. The zero-order valence-corrected chi connectivity index (χ0v) is 13.9. The van der Waals surface area contributed by atoms with E-state index in [2.05, 4.69) is 15.0 Å². The normalized spacial score (nSPS) is 15.3. The van der Waals surface area contributed by atoms with Crippen LogP contribution in [0.15, 0.2) is 53.6 Å². The molecule has 6 nitrogen and oxygen atoms in total. The van der Waals surface area contributed by atoms with Crippen LogP contribution in [0.2, 0.25) is 0 Å². The monoisotopic (exact) mass is 345 g/mol. The van der Waals surface area contributed by atoms with Crippen LogP contribution in [0.3, 0.4) is 0 Å².